The lowest BCUT2D eigenvalue weighted by Crippen LogP contribution is -2.44. The highest BCUT2D eigenvalue weighted by atomic mass is 15.2. The second-order valence-corrected chi connectivity index (χ2v) is 5.30. The monoisotopic (exact) mass is 179 g/mol. The summed E-state index contributed by atoms with van der Waals surface area (Å²) in [5, 5.41) is 0. The smallest absolute Gasteiger partial charge is 0.0101 e. The maximum absolute atomic E-state index is 2.87. The van der Waals surface area contributed by atoms with Crippen LogP contribution in [0.5, 0.6) is 0 Å². The van der Waals surface area contributed by atoms with Crippen molar-refractivity contribution in [3.8, 4) is 0 Å². The molecule has 4 aliphatic rings. The molecule has 0 aromatic carbocycles. The number of hydrogen-bond donors (Lipinski definition) is 0. The molecule has 0 N–H and O–H groups in total. The van der Waals surface area contributed by atoms with Crippen LogP contribution in [0.1, 0.15) is 51.4 Å². The van der Waals surface area contributed by atoms with E-state index in [4.69, 9.17) is 0 Å². The van der Waals surface area contributed by atoms with E-state index in [0.717, 1.165) is 18.0 Å². The van der Waals surface area contributed by atoms with Gasteiger partial charge in [-0.3, -0.25) is 4.90 Å². The number of fused-ring (bicyclic) bond motifs is 2. The van der Waals surface area contributed by atoms with Crippen molar-refractivity contribution in [3.63, 3.8) is 0 Å². The summed E-state index contributed by atoms with van der Waals surface area (Å²) < 4.78 is 0. The van der Waals surface area contributed by atoms with Gasteiger partial charge in [-0.15, -0.1) is 0 Å². The van der Waals surface area contributed by atoms with Crippen molar-refractivity contribution in [2.24, 2.45) is 5.92 Å². The second-order valence-electron chi connectivity index (χ2n) is 5.30. The Morgan fingerprint density at radius 3 is 2.46 bits per heavy atom. The molecule has 0 aromatic rings. The van der Waals surface area contributed by atoms with Crippen LogP contribution >= 0.6 is 0 Å². The third-order valence-electron chi connectivity index (χ3n) is 4.56. The first kappa shape index (κ1) is 8.28. The van der Waals surface area contributed by atoms with Crippen molar-refractivity contribution in [1.82, 2.24) is 4.90 Å². The fourth-order valence-corrected chi connectivity index (χ4v) is 3.85. The van der Waals surface area contributed by atoms with Crippen molar-refractivity contribution >= 4 is 0 Å². The van der Waals surface area contributed by atoms with Gasteiger partial charge in [0.2, 0.25) is 0 Å². The van der Waals surface area contributed by atoms with Crippen molar-refractivity contribution in [2.75, 3.05) is 6.54 Å². The Labute approximate surface area is 81.5 Å². The minimum Gasteiger partial charge on any atom is -0.297 e. The van der Waals surface area contributed by atoms with E-state index in [1.165, 1.54) is 57.9 Å². The molecule has 74 valence electrons. The summed E-state index contributed by atoms with van der Waals surface area (Å²) in [6, 6.07) is 1.98. The predicted molar refractivity (Wildman–Crippen MR) is 54.7 cm³/mol. The van der Waals surface area contributed by atoms with Crippen LogP contribution in [-0.4, -0.2) is 23.5 Å². The maximum Gasteiger partial charge on any atom is 0.0101 e. The predicted octanol–water partition coefficient (Wildman–Crippen LogP) is 2.80. The molecule has 1 atom stereocenters. The van der Waals surface area contributed by atoms with Crippen molar-refractivity contribution in [3.05, 3.63) is 0 Å². The van der Waals surface area contributed by atoms with Crippen molar-refractivity contribution in [2.45, 2.75) is 63.5 Å². The number of rotatable bonds is 0. The number of nitrogens with zero attached hydrogens (tertiary/aromatic N) is 1. The molecule has 3 aliphatic heterocycles. The van der Waals surface area contributed by atoms with Gasteiger partial charge in [-0.2, -0.15) is 0 Å². The van der Waals surface area contributed by atoms with E-state index in [1.54, 1.807) is 0 Å². The third kappa shape index (κ3) is 1.41. The minimum absolute atomic E-state index is 0.990. The Bertz CT molecular complexity index is 182. The van der Waals surface area contributed by atoms with E-state index in [0.29, 0.717) is 0 Å². The topological polar surface area (TPSA) is 3.24 Å². The summed E-state index contributed by atoms with van der Waals surface area (Å²) in [6.07, 6.45) is 12.1. The molecule has 4 fully saturated rings. The molecule has 1 saturated carbocycles. The van der Waals surface area contributed by atoms with Gasteiger partial charge < -0.3 is 0 Å². The lowest BCUT2D eigenvalue weighted by Gasteiger charge is -2.38. The zero-order valence-electron chi connectivity index (χ0n) is 8.54. The van der Waals surface area contributed by atoms with E-state index in [1.807, 2.05) is 0 Å². The molecule has 3 heterocycles. The summed E-state index contributed by atoms with van der Waals surface area (Å²) in [6.45, 7) is 1.42. The molecule has 1 heteroatoms. The Hall–Kier alpha value is -0.0400. The molecule has 3 saturated heterocycles. The van der Waals surface area contributed by atoms with Crippen LogP contribution < -0.4 is 0 Å². The Balaban J connectivity index is 1.82. The third-order valence-corrected chi connectivity index (χ3v) is 4.56. The first-order chi connectivity index (χ1) is 6.43. The van der Waals surface area contributed by atoms with Crippen molar-refractivity contribution in [1.29, 1.82) is 0 Å². The second kappa shape index (κ2) is 3.27. The van der Waals surface area contributed by atoms with Gasteiger partial charge in [0.25, 0.3) is 0 Å². The van der Waals surface area contributed by atoms with E-state index < -0.39 is 0 Å². The Morgan fingerprint density at radius 2 is 1.62 bits per heavy atom. The van der Waals surface area contributed by atoms with Crippen LogP contribution in [0.4, 0.5) is 0 Å². The van der Waals surface area contributed by atoms with Crippen LogP contribution in [-0.2, 0) is 0 Å². The van der Waals surface area contributed by atoms with E-state index >= 15 is 0 Å². The zero-order valence-corrected chi connectivity index (χ0v) is 8.54. The molecule has 2 bridgehead atoms. The van der Waals surface area contributed by atoms with Gasteiger partial charge in [0.1, 0.15) is 0 Å². The van der Waals surface area contributed by atoms with Gasteiger partial charge >= 0.3 is 0 Å². The molecule has 0 aromatic heterocycles. The SMILES string of the molecule is C1CCN2C3CCC(CC3)CC2C1. The summed E-state index contributed by atoms with van der Waals surface area (Å²) in [4.78, 5) is 2.87. The lowest BCUT2D eigenvalue weighted by molar-refractivity contribution is 0.0996. The molecular formula is C12H21N. The van der Waals surface area contributed by atoms with Gasteiger partial charge in [-0.1, -0.05) is 6.42 Å². The highest BCUT2D eigenvalue weighted by Crippen LogP contribution is 2.40. The normalized spacial score (nSPS) is 45.7. The molecule has 1 aliphatic carbocycles. The molecule has 13 heavy (non-hydrogen) atoms. The van der Waals surface area contributed by atoms with Crippen molar-refractivity contribution < 1.29 is 0 Å². The largest absolute Gasteiger partial charge is 0.297 e. The van der Waals surface area contributed by atoms with Crippen LogP contribution in [0.15, 0.2) is 0 Å². The van der Waals surface area contributed by atoms with E-state index in [9.17, 15) is 0 Å². The van der Waals surface area contributed by atoms with Crippen LogP contribution in [0.2, 0.25) is 0 Å². The fourth-order valence-electron chi connectivity index (χ4n) is 3.85. The van der Waals surface area contributed by atoms with Gasteiger partial charge in [0, 0.05) is 12.1 Å². The average molecular weight is 179 g/mol. The van der Waals surface area contributed by atoms with E-state index in [-0.39, 0.29) is 0 Å². The summed E-state index contributed by atoms with van der Waals surface area (Å²) >= 11 is 0. The molecule has 4 rings (SSSR count). The molecule has 0 amide bonds. The highest BCUT2D eigenvalue weighted by molar-refractivity contribution is 4.92. The van der Waals surface area contributed by atoms with Gasteiger partial charge in [0.05, 0.1) is 0 Å². The summed E-state index contributed by atoms with van der Waals surface area (Å²) in [5.74, 6) is 1.10. The minimum atomic E-state index is 0.990. The number of hydrogen-bond acceptors (Lipinski definition) is 1. The van der Waals surface area contributed by atoms with Gasteiger partial charge in [-0.25, -0.2) is 0 Å². The molecule has 1 unspecified atom stereocenters. The molecular weight excluding hydrogens is 158 g/mol. The highest BCUT2D eigenvalue weighted by Gasteiger charge is 2.37. The molecule has 0 radical (unpaired) electrons. The molecule has 0 spiro atoms. The quantitative estimate of drug-likeness (QED) is 0.552. The standard InChI is InChI=1S/C12H21N/c1-2-8-13-11-6-4-10(5-7-11)9-12(13)3-1/h10-12H,1-9H2. The summed E-state index contributed by atoms with van der Waals surface area (Å²) in [5.41, 5.74) is 0. The fraction of sp³-hybridized carbons (Fsp3) is 1.00. The lowest BCUT2D eigenvalue weighted by atomic mass is 9.85. The van der Waals surface area contributed by atoms with Gasteiger partial charge in [-0.05, 0) is 57.4 Å². The maximum atomic E-state index is 2.87. The first-order valence-electron chi connectivity index (χ1n) is 6.19. The Morgan fingerprint density at radius 1 is 0.769 bits per heavy atom. The average Bonchev–Trinajstić information content (AvgIpc) is 2.46. The zero-order chi connectivity index (χ0) is 8.67. The van der Waals surface area contributed by atoms with E-state index in [2.05, 4.69) is 4.90 Å². The first-order valence-corrected chi connectivity index (χ1v) is 6.19. The Kier molecular flexibility index (Phi) is 2.08. The molecule has 1 nitrogen and oxygen atoms in total. The van der Waals surface area contributed by atoms with Gasteiger partial charge in [0.15, 0.2) is 0 Å². The van der Waals surface area contributed by atoms with Crippen LogP contribution in [0, 0.1) is 5.92 Å². The number of piperidine rings is 1. The van der Waals surface area contributed by atoms with Crippen LogP contribution in [0.25, 0.3) is 0 Å². The summed E-state index contributed by atoms with van der Waals surface area (Å²) in [7, 11) is 0. The van der Waals surface area contributed by atoms with Crippen LogP contribution in [0.3, 0.4) is 0 Å².